The summed E-state index contributed by atoms with van der Waals surface area (Å²) in [6, 6.07) is 3.67. The van der Waals surface area contributed by atoms with Crippen LogP contribution in [0.25, 0.3) is 0 Å². The lowest BCUT2D eigenvalue weighted by Gasteiger charge is -2.23. The van der Waals surface area contributed by atoms with Crippen molar-refractivity contribution in [2.24, 2.45) is 0 Å². The SMILES string of the molecule is CCOc1c(Cl)cc(CNC(=O)CC2COCCN2)cc1OC.Cl. The van der Waals surface area contributed by atoms with Gasteiger partial charge >= 0.3 is 0 Å². The van der Waals surface area contributed by atoms with E-state index < -0.39 is 0 Å². The molecule has 1 atom stereocenters. The standard InChI is InChI=1S/C16H23ClN2O4.ClH/c1-3-23-16-13(17)6-11(7-14(16)21-2)9-19-15(20)8-12-10-22-5-4-18-12;/h6-7,12,18H,3-5,8-10H2,1-2H3,(H,19,20);1H. The largest absolute Gasteiger partial charge is 0.493 e. The number of methoxy groups -OCH3 is 1. The zero-order valence-electron chi connectivity index (χ0n) is 13.9. The highest BCUT2D eigenvalue weighted by atomic mass is 35.5. The highest BCUT2D eigenvalue weighted by molar-refractivity contribution is 6.32. The summed E-state index contributed by atoms with van der Waals surface area (Å²) in [6.07, 6.45) is 0.391. The molecule has 2 N–H and O–H groups in total. The molecule has 2 rings (SSSR count). The van der Waals surface area contributed by atoms with Crippen LogP contribution in [0.1, 0.15) is 18.9 Å². The summed E-state index contributed by atoms with van der Waals surface area (Å²) < 4.78 is 16.1. The first-order valence-corrected chi connectivity index (χ1v) is 8.08. The maximum atomic E-state index is 12.0. The van der Waals surface area contributed by atoms with Crippen molar-refractivity contribution in [3.05, 3.63) is 22.7 Å². The molecule has 0 saturated carbocycles. The number of halogens is 2. The van der Waals surface area contributed by atoms with Crippen LogP contribution in [0.3, 0.4) is 0 Å². The van der Waals surface area contributed by atoms with E-state index in [0.717, 1.165) is 12.1 Å². The summed E-state index contributed by atoms with van der Waals surface area (Å²) in [5, 5.41) is 6.61. The number of nitrogens with one attached hydrogen (secondary N) is 2. The quantitative estimate of drug-likeness (QED) is 0.760. The Morgan fingerprint density at radius 1 is 1.50 bits per heavy atom. The van der Waals surface area contributed by atoms with E-state index in [0.29, 0.717) is 49.3 Å². The van der Waals surface area contributed by atoms with Crippen LogP contribution in [-0.2, 0) is 16.1 Å². The van der Waals surface area contributed by atoms with Crippen molar-refractivity contribution in [1.82, 2.24) is 10.6 Å². The van der Waals surface area contributed by atoms with Gasteiger partial charge < -0.3 is 24.8 Å². The lowest BCUT2D eigenvalue weighted by atomic mass is 10.1. The van der Waals surface area contributed by atoms with Crippen LogP contribution in [-0.4, -0.2) is 45.4 Å². The third kappa shape index (κ3) is 6.02. The molecule has 0 aromatic heterocycles. The average Bonchev–Trinajstić information content (AvgIpc) is 2.56. The Bertz CT molecular complexity index is 537. The lowest BCUT2D eigenvalue weighted by Crippen LogP contribution is -2.44. The van der Waals surface area contributed by atoms with Crippen LogP contribution in [0.4, 0.5) is 0 Å². The van der Waals surface area contributed by atoms with Crippen molar-refractivity contribution in [3.8, 4) is 11.5 Å². The Kier molecular flexibility index (Phi) is 9.21. The summed E-state index contributed by atoms with van der Waals surface area (Å²) in [5.41, 5.74) is 0.858. The number of rotatable bonds is 7. The molecule has 1 aromatic carbocycles. The van der Waals surface area contributed by atoms with Gasteiger partial charge in [-0.05, 0) is 24.6 Å². The van der Waals surface area contributed by atoms with Crippen molar-refractivity contribution < 1.29 is 19.0 Å². The number of benzene rings is 1. The number of morpholine rings is 1. The monoisotopic (exact) mass is 378 g/mol. The number of hydrogen-bond donors (Lipinski definition) is 2. The fourth-order valence-corrected chi connectivity index (χ4v) is 2.69. The first kappa shape index (κ1) is 20.8. The Labute approximate surface area is 153 Å². The summed E-state index contributed by atoms with van der Waals surface area (Å²) >= 11 is 6.22. The van der Waals surface area contributed by atoms with Gasteiger partial charge in [-0.2, -0.15) is 0 Å². The molecule has 1 aromatic rings. The average molecular weight is 379 g/mol. The van der Waals surface area contributed by atoms with Crippen LogP contribution in [0.15, 0.2) is 12.1 Å². The van der Waals surface area contributed by atoms with Gasteiger partial charge in [0.15, 0.2) is 11.5 Å². The van der Waals surface area contributed by atoms with Crippen LogP contribution in [0.2, 0.25) is 5.02 Å². The summed E-state index contributed by atoms with van der Waals surface area (Å²) in [6.45, 7) is 4.81. The summed E-state index contributed by atoms with van der Waals surface area (Å²) in [4.78, 5) is 12.0. The minimum absolute atomic E-state index is 0. The Morgan fingerprint density at radius 3 is 2.92 bits per heavy atom. The molecular weight excluding hydrogens is 355 g/mol. The Balaban J connectivity index is 0.00000288. The highest BCUT2D eigenvalue weighted by Gasteiger charge is 2.17. The van der Waals surface area contributed by atoms with Gasteiger partial charge in [0.25, 0.3) is 0 Å². The van der Waals surface area contributed by atoms with E-state index in [1.807, 2.05) is 13.0 Å². The van der Waals surface area contributed by atoms with Crippen LogP contribution in [0.5, 0.6) is 11.5 Å². The number of carbonyl (C=O) groups is 1. The van der Waals surface area contributed by atoms with E-state index in [4.69, 9.17) is 25.8 Å². The molecule has 1 aliphatic rings. The third-order valence-electron chi connectivity index (χ3n) is 3.50. The molecule has 1 heterocycles. The molecule has 1 fully saturated rings. The second-order valence-electron chi connectivity index (χ2n) is 5.25. The molecule has 1 amide bonds. The molecule has 1 aliphatic heterocycles. The molecule has 6 nitrogen and oxygen atoms in total. The van der Waals surface area contributed by atoms with Crippen LogP contribution in [0, 0.1) is 0 Å². The minimum Gasteiger partial charge on any atom is -0.493 e. The summed E-state index contributed by atoms with van der Waals surface area (Å²) in [5.74, 6) is 1.05. The third-order valence-corrected chi connectivity index (χ3v) is 3.78. The molecule has 0 radical (unpaired) electrons. The van der Waals surface area contributed by atoms with E-state index in [-0.39, 0.29) is 24.4 Å². The number of carbonyl (C=O) groups excluding carboxylic acids is 1. The predicted molar refractivity (Wildman–Crippen MR) is 95.5 cm³/mol. The lowest BCUT2D eigenvalue weighted by molar-refractivity contribution is -0.122. The molecule has 0 bridgehead atoms. The summed E-state index contributed by atoms with van der Waals surface area (Å²) in [7, 11) is 1.56. The number of ether oxygens (including phenoxy) is 3. The second-order valence-corrected chi connectivity index (χ2v) is 5.66. The van der Waals surface area contributed by atoms with Crippen LogP contribution >= 0.6 is 24.0 Å². The van der Waals surface area contributed by atoms with Gasteiger partial charge in [-0.1, -0.05) is 11.6 Å². The normalized spacial score (nSPS) is 16.9. The van der Waals surface area contributed by atoms with Crippen LogP contribution < -0.4 is 20.1 Å². The molecule has 0 spiro atoms. The predicted octanol–water partition coefficient (Wildman–Crippen LogP) is 2.16. The Morgan fingerprint density at radius 2 is 2.29 bits per heavy atom. The van der Waals surface area contributed by atoms with E-state index in [9.17, 15) is 4.79 Å². The molecule has 136 valence electrons. The molecule has 1 saturated heterocycles. The van der Waals surface area contributed by atoms with Crippen molar-refractivity contribution >= 4 is 29.9 Å². The van der Waals surface area contributed by atoms with E-state index >= 15 is 0 Å². The fourth-order valence-electron chi connectivity index (χ4n) is 2.41. The molecule has 24 heavy (non-hydrogen) atoms. The molecular formula is C16H24Cl2N2O4. The van der Waals surface area contributed by atoms with Gasteiger partial charge in [-0.15, -0.1) is 12.4 Å². The van der Waals surface area contributed by atoms with E-state index in [1.165, 1.54) is 0 Å². The van der Waals surface area contributed by atoms with Gasteiger partial charge in [0, 0.05) is 25.6 Å². The highest BCUT2D eigenvalue weighted by Crippen LogP contribution is 2.36. The van der Waals surface area contributed by atoms with Gasteiger partial charge in [-0.3, -0.25) is 4.79 Å². The maximum Gasteiger partial charge on any atom is 0.221 e. The van der Waals surface area contributed by atoms with Gasteiger partial charge in [-0.25, -0.2) is 0 Å². The zero-order chi connectivity index (χ0) is 16.7. The first-order chi connectivity index (χ1) is 11.1. The van der Waals surface area contributed by atoms with Gasteiger partial charge in [0.1, 0.15) is 0 Å². The van der Waals surface area contributed by atoms with E-state index in [1.54, 1.807) is 13.2 Å². The van der Waals surface area contributed by atoms with Gasteiger partial charge in [0.05, 0.1) is 32.0 Å². The minimum atomic E-state index is -0.0306. The number of amides is 1. The van der Waals surface area contributed by atoms with E-state index in [2.05, 4.69) is 10.6 Å². The van der Waals surface area contributed by atoms with Crippen molar-refractivity contribution in [1.29, 1.82) is 0 Å². The smallest absolute Gasteiger partial charge is 0.221 e. The molecule has 1 unspecified atom stereocenters. The van der Waals surface area contributed by atoms with Gasteiger partial charge in [0.2, 0.25) is 5.91 Å². The fraction of sp³-hybridized carbons (Fsp3) is 0.562. The topological polar surface area (TPSA) is 68.8 Å². The molecule has 0 aliphatic carbocycles. The van der Waals surface area contributed by atoms with Crippen molar-refractivity contribution in [2.45, 2.75) is 25.9 Å². The van der Waals surface area contributed by atoms with Crippen molar-refractivity contribution in [3.63, 3.8) is 0 Å². The zero-order valence-corrected chi connectivity index (χ0v) is 15.5. The second kappa shape index (κ2) is 10.6. The maximum absolute atomic E-state index is 12.0. The Hall–Kier alpha value is -1.21. The first-order valence-electron chi connectivity index (χ1n) is 7.71. The number of hydrogen-bond acceptors (Lipinski definition) is 5. The van der Waals surface area contributed by atoms with Crippen molar-refractivity contribution in [2.75, 3.05) is 33.5 Å². The molecule has 8 heteroatoms.